The molecule has 0 amide bonds. The van der Waals surface area contributed by atoms with Gasteiger partial charge in [-0.3, -0.25) is 14.4 Å². The van der Waals surface area contributed by atoms with E-state index in [9.17, 15) is 14.4 Å². The van der Waals surface area contributed by atoms with Crippen molar-refractivity contribution in [3.05, 3.63) is 0 Å². The van der Waals surface area contributed by atoms with Crippen molar-refractivity contribution in [3.8, 4) is 0 Å². The van der Waals surface area contributed by atoms with Crippen LogP contribution in [0.15, 0.2) is 0 Å². The summed E-state index contributed by atoms with van der Waals surface area (Å²) in [5.74, 6) is -1.78. The molecule has 0 saturated heterocycles. The molecule has 1 atom stereocenters. The van der Waals surface area contributed by atoms with Crippen molar-refractivity contribution in [2.75, 3.05) is 13.2 Å². The van der Waals surface area contributed by atoms with Crippen LogP contribution in [0.1, 0.15) is 84.5 Å². The fourth-order valence-corrected chi connectivity index (χ4v) is 4.85. The summed E-state index contributed by atoms with van der Waals surface area (Å²) >= 11 is 0. The van der Waals surface area contributed by atoms with Gasteiger partial charge in [0.2, 0.25) is 0 Å². The highest BCUT2D eigenvalue weighted by atomic mass is 16.6. The summed E-state index contributed by atoms with van der Waals surface area (Å²) in [7, 11) is 0. The van der Waals surface area contributed by atoms with E-state index in [2.05, 4.69) is 0 Å². The quantitative estimate of drug-likeness (QED) is 0.436. The molecule has 0 spiro atoms. The highest BCUT2D eigenvalue weighted by molar-refractivity contribution is 5.96. The van der Waals surface area contributed by atoms with Gasteiger partial charge in [-0.05, 0) is 38.5 Å². The highest BCUT2D eigenvalue weighted by Crippen LogP contribution is 2.39. The van der Waals surface area contributed by atoms with Crippen LogP contribution in [0.3, 0.4) is 0 Å². The molecule has 2 saturated carbocycles. The zero-order valence-corrected chi connectivity index (χ0v) is 17.0. The first-order chi connectivity index (χ1) is 13.1. The molecule has 5 heteroatoms. The molecule has 0 N–H and O–H groups in total. The summed E-state index contributed by atoms with van der Waals surface area (Å²) < 4.78 is 10.4. The molecule has 0 radical (unpaired) electrons. The van der Waals surface area contributed by atoms with Gasteiger partial charge in [0, 0.05) is 12.3 Å². The standard InChI is InChI=1S/C22H36O5/c1-3-26-21(24)20(22(25)27-4-2)18(16-11-7-5-8-12-16)15-19(23)17-13-9-6-10-14-17/h16-18,20H,3-15H2,1-2H3. The minimum Gasteiger partial charge on any atom is -0.465 e. The third-order valence-corrected chi connectivity index (χ3v) is 6.26. The Morgan fingerprint density at radius 3 is 1.74 bits per heavy atom. The first kappa shape index (κ1) is 21.9. The molecule has 2 aliphatic rings. The van der Waals surface area contributed by atoms with Crippen molar-refractivity contribution in [3.63, 3.8) is 0 Å². The Labute approximate surface area is 163 Å². The number of hydrogen-bond donors (Lipinski definition) is 0. The van der Waals surface area contributed by atoms with Crippen LogP contribution in [0.5, 0.6) is 0 Å². The zero-order chi connectivity index (χ0) is 19.6. The maximum absolute atomic E-state index is 13.0. The molecular weight excluding hydrogens is 344 g/mol. The molecule has 154 valence electrons. The number of carbonyl (C=O) groups is 3. The SMILES string of the molecule is CCOC(=O)C(C(=O)OCC)C(CC(=O)C1CCCCC1)C1CCCCC1. The van der Waals surface area contributed by atoms with Crippen LogP contribution in [-0.2, 0) is 23.9 Å². The summed E-state index contributed by atoms with van der Waals surface area (Å²) in [4.78, 5) is 38.3. The van der Waals surface area contributed by atoms with Crippen LogP contribution in [-0.4, -0.2) is 30.9 Å². The van der Waals surface area contributed by atoms with Gasteiger partial charge < -0.3 is 9.47 Å². The third-order valence-electron chi connectivity index (χ3n) is 6.26. The predicted octanol–water partition coefficient (Wildman–Crippen LogP) is 4.46. The van der Waals surface area contributed by atoms with Crippen LogP contribution in [0.4, 0.5) is 0 Å². The molecule has 27 heavy (non-hydrogen) atoms. The van der Waals surface area contributed by atoms with Crippen LogP contribution in [0.25, 0.3) is 0 Å². The molecule has 0 aromatic rings. The maximum atomic E-state index is 13.0. The number of carbonyl (C=O) groups excluding carboxylic acids is 3. The lowest BCUT2D eigenvalue weighted by Gasteiger charge is -2.34. The molecule has 5 nitrogen and oxygen atoms in total. The molecule has 0 aliphatic heterocycles. The van der Waals surface area contributed by atoms with Crippen LogP contribution in [0.2, 0.25) is 0 Å². The van der Waals surface area contributed by atoms with Crippen molar-refractivity contribution in [1.29, 1.82) is 0 Å². The fraction of sp³-hybridized carbons (Fsp3) is 0.864. The first-order valence-electron chi connectivity index (χ1n) is 10.9. The van der Waals surface area contributed by atoms with Gasteiger partial charge in [0.05, 0.1) is 13.2 Å². The van der Waals surface area contributed by atoms with Crippen molar-refractivity contribution >= 4 is 17.7 Å². The van der Waals surface area contributed by atoms with E-state index in [4.69, 9.17) is 9.47 Å². The van der Waals surface area contributed by atoms with Gasteiger partial charge >= 0.3 is 11.9 Å². The highest BCUT2D eigenvalue weighted by Gasteiger charge is 2.43. The minimum absolute atomic E-state index is 0.0925. The summed E-state index contributed by atoms with van der Waals surface area (Å²) in [5.41, 5.74) is 0. The Bertz CT molecular complexity index is 471. The normalized spacial score (nSPS) is 20.3. The van der Waals surface area contributed by atoms with Crippen molar-refractivity contribution < 1.29 is 23.9 Å². The molecule has 0 bridgehead atoms. The molecule has 1 unspecified atom stereocenters. The number of Topliss-reactive ketones (excluding diaryl/α,β-unsaturated/α-hetero) is 1. The lowest BCUT2D eigenvalue weighted by molar-refractivity contribution is -0.166. The Hall–Kier alpha value is -1.39. The molecular formula is C22H36O5. The van der Waals surface area contributed by atoms with E-state index < -0.39 is 17.9 Å². The zero-order valence-electron chi connectivity index (χ0n) is 17.0. The van der Waals surface area contributed by atoms with Crippen molar-refractivity contribution in [2.24, 2.45) is 23.7 Å². The molecule has 0 aromatic carbocycles. The van der Waals surface area contributed by atoms with Gasteiger partial charge in [-0.2, -0.15) is 0 Å². The average Bonchev–Trinajstić information content (AvgIpc) is 2.69. The third kappa shape index (κ3) is 6.32. The largest absolute Gasteiger partial charge is 0.465 e. The summed E-state index contributed by atoms with van der Waals surface area (Å²) in [6.07, 6.45) is 10.9. The number of rotatable bonds is 9. The Morgan fingerprint density at radius 1 is 0.778 bits per heavy atom. The number of ketones is 1. The number of hydrogen-bond acceptors (Lipinski definition) is 5. The van der Waals surface area contributed by atoms with Gasteiger partial charge in [0.15, 0.2) is 5.92 Å². The Balaban J connectivity index is 2.21. The van der Waals surface area contributed by atoms with Crippen molar-refractivity contribution in [1.82, 2.24) is 0 Å². The van der Waals surface area contributed by atoms with E-state index in [1.165, 1.54) is 12.8 Å². The van der Waals surface area contributed by atoms with E-state index >= 15 is 0 Å². The second-order valence-electron chi connectivity index (χ2n) is 8.05. The monoisotopic (exact) mass is 380 g/mol. The molecule has 2 aliphatic carbocycles. The predicted molar refractivity (Wildman–Crippen MR) is 103 cm³/mol. The van der Waals surface area contributed by atoms with Gasteiger partial charge in [-0.15, -0.1) is 0 Å². The van der Waals surface area contributed by atoms with Gasteiger partial charge in [0.1, 0.15) is 5.78 Å². The molecule has 0 heterocycles. The lowest BCUT2D eigenvalue weighted by Crippen LogP contribution is -2.40. The number of ether oxygens (including phenoxy) is 2. The van der Waals surface area contributed by atoms with E-state index in [0.717, 1.165) is 51.4 Å². The second kappa shape index (κ2) is 11.5. The summed E-state index contributed by atoms with van der Waals surface area (Å²) in [5, 5.41) is 0. The smallest absolute Gasteiger partial charge is 0.320 e. The van der Waals surface area contributed by atoms with E-state index in [1.54, 1.807) is 13.8 Å². The summed E-state index contributed by atoms with van der Waals surface area (Å²) in [6.45, 7) is 3.93. The van der Waals surface area contributed by atoms with Crippen molar-refractivity contribution in [2.45, 2.75) is 84.5 Å². The van der Waals surface area contributed by atoms with Gasteiger partial charge in [-0.1, -0.05) is 51.4 Å². The average molecular weight is 381 g/mol. The second-order valence-corrected chi connectivity index (χ2v) is 8.05. The maximum Gasteiger partial charge on any atom is 0.320 e. The first-order valence-corrected chi connectivity index (χ1v) is 10.9. The Kier molecular flexibility index (Phi) is 9.29. The van der Waals surface area contributed by atoms with Crippen LogP contribution >= 0.6 is 0 Å². The van der Waals surface area contributed by atoms with E-state index in [0.29, 0.717) is 6.42 Å². The van der Waals surface area contributed by atoms with Crippen LogP contribution < -0.4 is 0 Å². The van der Waals surface area contributed by atoms with Crippen LogP contribution in [0, 0.1) is 23.7 Å². The Morgan fingerprint density at radius 2 is 1.26 bits per heavy atom. The van der Waals surface area contributed by atoms with E-state index in [1.807, 2.05) is 0 Å². The summed E-state index contributed by atoms with van der Waals surface area (Å²) in [6, 6.07) is 0. The molecule has 0 aromatic heterocycles. The topological polar surface area (TPSA) is 69.7 Å². The molecule has 2 rings (SSSR count). The lowest BCUT2D eigenvalue weighted by atomic mass is 9.70. The van der Waals surface area contributed by atoms with Gasteiger partial charge in [0.25, 0.3) is 0 Å². The van der Waals surface area contributed by atoms with Gasteiger partial charge in [-0.25, -0.2) is 0 Å². The molecule has 2 fully saturated rings. The number of esters is 2. The van der Waals surface area contributed by atoms with E-state index in [-0.39, 0.29) is 36.8 Å². The minimum atomic E-state index is -0.972. The fourth-order valence-electron chi connectivity index (χ4n) is 4.85.